The number of rotatable bonds is 2. The summed E-state index contributed by atoms with van der Waals surface area (Å²) in [6.45, 7) is 0. The number of methoxy groups -OCH3 is 2. The summed E-state index contributed by atoms with van der Waals surface area (Å²) < 4.78 is 15.1. The Kier molecular flexibility index (Phi) is 2.92. The summed E-state index contributed by atoms with van der Waals surface area (Å²) in [6, 6.07) is 3.59. The van der Waals surface area contributed by atoms with E-state index in [2.05, 4.69) is 4.74 Å². The molecule has 0 aromatic heterocycles. The molecule has 0 fully saturated rings. The van der Waals surface area contributed by atoms with Gasteiger partial charge in [0.25, 0.3) is 0 Å². The summed E-state index contributed by atoms with van der Waals surface area (Å²) in [7, 11) is 2.86. The molecule has 0 radical (unpaired) electrons. The van der Waals surface area contributed by atoms with E-state index in [1.807, 2.05) is 6.07 Å². The van der Waals surface area contributed by atoms with Crippen molar-refractivity contribution in [1.29, 1.82) is 0 Å². The van der Waals surface area contributed by atoms with Crippen molar-refractivity contribution in [1.82, 2.24) is 0 Å². The lowest BCUT2D eigenvalue weighted by Crippen LogP contribution is -2.26. The first-order valence-corrected chi connectivity index (χ1v) is 5.15. The summed E-state index contributed by atoms with van der Waals surface area (Å²) in [5, 5.41) is 0.395. The van der Waals surface area contributed by atoms with E-state index in [1.165, 1.54) is 14.2 Å². The maximum atomic E-state index is 11.3. The Labute approximate surface area is 98.1 Å². The minimum absolute atomic E-state index is 0.395. The molecule has 1 atom stereocenters. The Morgan fingerprint density at radius 1 is 1.50 bits per heavy atom. The van der Waals surface area contributed by atoms with Crippen LogP contribution in [0.15, 0.2) is 12.1 Å². The van der Waals surface area contributed by atoms with E-state index in [-0.39, 0.29) is 0 Å². The van der Waals surface area contributed by atoms with Crippen molar-refractivity contribution in [3.8, 4) is 11.5 Å². The van der Waals surface area contributed by atoms with E-state index in [4.69, 9.17) is 21.1 Å². The van der Waals surface area contributed by atoms with E-state index in [0.717, 1.165) is 5.56 Å². The van der Waals surface area contributed by atoms with E-state index in [1.54, 1.807) is 6.07 Å². The molecule has 0 amide bonds. The van der Waals surface area contributed by atoms with E-state index in [9.17, 15) is 4.79 Å². The third-order valence-electron chi connectivity index (χ3n) is 2.49. The van der Waals surface area contributed by atoms with Gasteiger partial charge in [0.1, 0.15) is 16.5 Å². The van der Waals surface area contributed by atoms with Gasteiger partial charge in [-0.05, 0) is 6.07 Å². The predicted octanol–water partition coefficient (Wildman–Crippen LogP) is 1.83. The molecule has 1 aromatic carbocycles. The van der Waals surface area contributed by atoms with Crippen molar-refractivity contribution in [3.05, 3.63) is 22.7 Å². The van der Waals surface area contributed by atoms with E-state index >= 15 is 0 Å². The second-order valence-electron chi connectivity index (χ2n) is 3.40. The molecule has 5 heteroatoms. The van der Waals surface area contributed by atoms with Crippen LogP contribution in [0.5, 0.6) is 11.5 Å². The van der Waals surface area contributed by atoms with Crippen LogP contribution in [0.25, 0.3) is 0 Å². The molecule has 1 aliphatic rings. The number of carbonyl (C=O) groups is 1. The van der Waals surface area contributed by atoms with Crippen LogP contribution in [-0.2, 0) is 16.0 Å². The summed E-state index contributed by atoms with van der Waals surface area (Å²) in [5.74, 6) is 0.647. The molecule has 0 saturated heterocycles. The first-order valence-electron chi connectivity index (χ1n) is 4.77. The van der Waals surface area contributed by atoms with Gasteiger partial charge in [-0.1, -0.05) is 17.7 Å². The molecule has 0 spiro atoms. The lowest BCUT2D eigenvalue weighted by atomic mass is 10.1. The second kappa shape index (κ2) is 4.22. The number of halogens is 1. The molecule has 0 aliphatic carbocycles. The number of fused-ring (bicyclic) bond motifs is 1. The van der Waals surface area contributed by atoms with Gasteiger partial charge < -0.3 is 14.2 Å². The highest BCUT2D eigenvalue weighted by molar-refractivity contribution is 6.33. The standard InChI is InChI=1S/C11H11ClO4/c1-14-7-4-3-6-5-8(11(13)15-2)16-10(6)9(7)12/h3-4,8H,5H2,1-2H3. The minimum atomic E-state index is -0.607. The number of ether oxygens (including phenoxy) is 3. The molecule has 0 N–H and O–H groups in total. The molecular formula is C11H11ClO4. The van der Waals surface area contributed by atoms with Crippen LogP contribution in [0, 0.1) is 0 Å². The Bertz CT molecular complexity index is 430. The third kappa shape index (κ3) is 1.69. The molecule has 16 heavy (non-hydrogen) atoms. The number of hydrogen-bond donors (Lipinski definition) is 0. The van der Waals surface area contributed by atoms with Gasteiger partial charge in [-0.15, -0.1) is 0 Å². The highest BCUT2D eigenvalue weighted by Gasteiger charge is 2.32. The zero-order valence-corrected chi connectivity index (χ0v) is 9.71. The van der Waals surface area contributed by atoms with Gasteiger partial charge >= 0.3 is 5.97 Å². The summed E-state index contributed by atoms with van der Waals surface area (Å²) in [5.41, 5.74) is 0.890. The molecule has 1 heterocycles. The molecule has 0 bridgehead atoms. The monoisotopic (exact) mass is 242 g/mol. The zero-order valence-electron chi connectivity index (χ0n) is 8.95. The van der Waals surface area contributed by atoms with Gasteiger partial charge in [0.05, 0.1) is 14.2 Å². The molecular weight excluding hydrogens is 232 g/mol. The summed E-state index contributed by atoms with van der Waals surface area (Å²) >= 11 is 6.07. The molecule has 1 unspecified atom stereocenters. The highest BCUT2D eigenvalue weighted by Crippen LogP contribution is 2.41. The molecule has 86 valence electrons. The van der Waals surface area contributed by atoms with Crippen LogP contribution in [0.4, 0.5) is 0 Å². The van der Waals surface area contributed by atoms with Gasteiger partial charge in [-0.2, -0.15) is 0 Å². The number of benzene rings is 1. The van der Waals surface area contributed by atoms with Crippen LogP contribution >= 0.6 is 11.6 Å². The van der Waals surface area contributed by atoms with E-state index in [0.29, 0.717) is 22.9 Å². The second-order valence-corrected chi connectivity index (χ2v) is 3.78. The quantitative estimate of drug-likeness (QED) is 0.743. The third-order valence-corrected chi connectivity index (χ3v) is 2.85. The SMILES string of the molecule is COC(=O)C1Cc2ccc(OC)c(Cl)c2O1. The van der Waals surface area contributed by atoms with Gasteiger partial charge in [0.2, 0.25) is 0 Å². The van der Waals surface area contributed by atoms with Crippen LogP contribution in [0.1, 0.15) is 5.56 Å². The maximum absolute atomic E-state index is 11.3. The van der Waals surface area contributed by atoms with Crippen molar-refractivity contribution >= 4 is 17.6 Å². The van der Waals surface area contributed by atoms with E-state index < -0.39 is 12.1 Å². The van der Waals surface area contributed by atoms with Gasteiger partial charge in [0.15, 0.2) is 6.10 Å². The van der Waals surface area contributed by atoms with Crippen molar-refractivity contribution in [2.75, 3.05) is 14.2 Å². The molecule has 1 aromatic rings. The topological polar surface area (TPSA) is 44.8 Å². The Morgan fingerprint density at radius 3 is 2.88 bits per heavy atom. The average molecular weight is 243 g/mol. The Morgan fingerprint density at radius 2 is 2.25 bits per heavy atom. The van der Waals surface area contributed by atoms with Crippen LogP contribution in [0.2, 0.25) is 5.02 Å². The van der Waals surface area contributed by atoms with Crippen molar-refractivity contribution < 1.29 is 19.0 Å². The average Bonchev–Trinajstić information content (AvgIpc) is 2.73. The van der Waals surface area contributed by atoms with Crippen LogP contribution < -0.4 is 9.47 Å². The Hall–Kier alpha value is -1.42. The lowest BCUT2D eigenvalue weighted by molar-refractivity contribution is -0.147. The van der Waals surface area contributed by atoms with Crippen molar-refractivity contribution in [2.24, 2.45) is 0 Å². The fourth-order valence-electron chi connectivity index (χ4n) is 1.67. The fourth-order valence-corrected chi connectivity index (χ4v) is 1.98. The fraction of sp³-hybridized carbons (Fsp3) is 0.364. The predicted molar refractivity (Wildman–Crippen MR) is 58.1 cm³/mol. The van der Waals surface area contributed by atoms with Gasteiger partial charge in [-0.25, -0.2) is 4.79 Å². The summed E-state index contributed by atoms with van der Waals surface area (Å²) in [6.07, 6.45) is -0.129. The lowest BCUT2D eigenvalue weighted by Gasteiger charge is -2.09. The normalized spacial score (nSPS) is 17.6. The van der Waals surface area contributed by atoms with Gasteiger partial charge in [0, 0.05) is 12.0 Å². The minimum Gasteiger partial charge on any atom is -0.495 e. The number of carbonyl (C=O) groups excluding carboxylic acids is 1. The molecule has 2 rings (SSSR count). The van der Waals surface area contributed by atoms with Crippen LogP contribution in [0.3, 0.4) is 0 Å². The highest BCUT2D eigenvalue weighted by atomic mass is 35.5. The molecule has 4 nitrogen and oxygen atoms in total. The van der Waals surface area contributed by atoms with Gasteiger partial charge in [-0.3, -0.25) is 0 Å². The van der Waals surface area contributed by atoms with Crippen molar-refractivity contribution in [3.63, 3.8) is 0 Å². The largest absolute Gasteiger partial charge is 0.495 e. The Balaban J connectivity index is 2.31. The maximum Gasteiger partial charge on any atom is 0.347 e. The molecule has 1 aliphatic heterocycles. The zero-order chi connectivity index (χ0) is 11.7. The van der Waals surface area contributed by atoms with Crippen molar-refractivity contribution in [2.45, 2.75) is 12.5 Å². The molecule has 0 saturated carbocycles. The first-order chi connectivity index (χ1) is 7.67. The van der Waals surface area contributed by atoms with Crippen LogP contribution in [-0.4, -0.2) is 26.3 Å². The smallest absolute Gasteiger partial charge is 0.347 e. The number of hydrogen-bond acceptors (Lipinski definition) is 4. The summed E-state index contributed by atoms with van der Waals surface area (Å²) in [4.78, 5) is 11.3. The first kappa shape index (κ1) is 11.1. The number of esters is 1.